The van der Waals surface area contributed by atoms with Crippen molar-refractivity contribution < 1.29 is 0 Å². The molecule has 0 bridgehead atoms. The van der Waals surface area contributed by atoms with Crippen molar-refractivity contribution in [3.63, 3.8) is 0 Å². The highest BCUT2D eigenvalue weighted by Crippen LogP contribution is 2.35. The molecule has 1 radical (unpaired) electrons. The first-order chi connectivity index (χ1) is 6.81. The molecule has 0 N–H and O–H groups in total. The standard InChI is InChI=1S/C12H13S2/c1-3-9(2)10-6-7-12(14-10)11-5-4-8-13-11/h4-7,9H,3H2,1-2H3. The summed E-state index contributed by atoms with van der Waals surface area (Å²) in [4.78, 5) is 4.21. The van der Waals surface area contributed by atoms with Crippen LogP contribution >= 0.6 is 22.7 Å². The zero-order valence-electron chi connectivity index (χ0n) is 8.41. The Hall–Kier alpha value is -0.600. The molecule has 0 aliphatic rings. The molecule has 1 atom stereocenters. The minimum absolute atomic E-state index is 0.692. The van der Waals surface area contributed by atoms with Gasteiger partial charge in [-0.15, -0.1) is 22.7 Å². The third kappa shape index (κ3) is 1.91. The van der Waals surface area contributed by atoms with Crippen molar-refractivity contribution in [3.05, 3.63) is 34.5 Å². The van der Waals surface area contributed by atoms with Crippen LogP contribution in [0.1, 0.15) is 31.1 Å². The van der Waals surface area contributed by atoms with Crippen LogP contribution in [0.2, 0.25) is 0 Å². The van der Waals surface area contributed by atoms with Crippen molar-refractivity contribution in [1.82, 2.24) is 0 Å². The fourth-order valence-corrected chi connectivity index (χ4v) is 3.21. The maximum atomic E-state index is 3.13. The van der Waals surface area contributed by atoms with Crippen molar-refractivity contribution in [2.24, 2.45) is 0 Å². The monoisotopic (exact) mass is 221 g/mol. The SMILES string of the molecule is CCC(C)c1ccc(-c2cc[c]s2)s1. The van der Waals surface area contributed by atoms with E-state index in [0.29, 0.717) is 5.92 Å². The molecule has 2 aromatic rings. The first-order valence-corrected chi connectivity index (χ1v) is 6.50. The van der Waals surface area contributed by atoms with E-state index in [9.17, 15) is 0 Å². The van der Waals surface area contributed by atoms with Gasteiger partial charge in [-0.3, -0.25) is 0 Å². The highest BCUT2D eigenvalue weighted by atomic mass is 32.1. The molecule has 2 aromatic heterocycles. The molecule has 0 aliphatic heterocycles. The number of hydrogen-bond donors (Lipinski definition) is 0. The smallest absolute Gasteiger partial charge is 0.0449 e. The lowest BCUT2D eigenvalue weighted by Crippen LogP contribution is -1.84. The fourth-order valence-electron chi connectivity index (χ4n) is 1.32. The second-order valence-corrected chi connectivity index (χ2v) is 5.42. The van der Waals surface area contributed by atoms with Crippen LogP contribution in [-0.4, -0.2) is 0 Å². The normalized spacial score (nSPS) is 13.0. The topological polar surface area (TPSA) is 0 Å². The minimum atomic E-state index is 0.692. The van der Waals surface area contributed by atoms with Gasteiger partial charge in [-0.25, -0.2) is 0 Å². The third-order valence-electron chi connectivity index (χ3n) is 2.44. The minimum Gasteiger partial charge on any atom is -0.139 e. The lowest BCUT2D eigenvalue weighted by molar-refractivity contribution is 0.748. The lowest BCUT2D eigenvalue weighted by Gasteiger charge is -2.02. The van der Waals surface area contributed by atoms with E-state index >= 15 is 0 Å². The predicted octanol–water partition coefficient (Wildman–Crippen LogP) is 4.79. The summed E-state index contributed by atoms with van der Waals surface area (Å²) in [6.45, 7) is 4.53. The van der Waals surface area contributed by atoms with Crippen molar-refractivity contribution in [2.75, 3.05) is 0 Å². The highest BCUT2D eigenvalue weighted by molar-refractivity contribution is 7.21. The molecule has 0 aromatic carbocycles. The van der Waals surface area contributed by atoms with E-state index in [-0.39, 0.29) is 0 Å². The van der Waals surface area contributed by atoms with Crippen LogP contribution in [0.4, 0.5) is 0 Å². The Balaban J connectivity index is 2.26. The van der Waals surface area contributed by atoms with Gasteiger partial charge in [0.05, 0.1) is 0 Å². The first-order valence-electron chi connectivity index (χ1n) is 4.87. The van der Waals surface area contributed by atoms with Gasteiger partial charge in [0.1, 0.15) is 0 Å². The maximum absolute atomic E-state index is 3.13. The molecule has 2 heterocycles. The lowest BCUT2D eigenvalue weighted by atomic mass is 10.1. The largest absolute Gasteiger partial charge is 0.139 e. The van der Waals surface area contributed by atoms with E-state index in [1.165, 1.54) is 21.1 Å². The Morgan fingerprint density at radius 3 is 2.79 bits per heavy atom. The Kier molecular flexibility index (Phi) is 3.04. The summed E-state index contributed by atoms with van der Waals surface area (Å²) in [6, 6.07) is 8.61. The average Bonchev–Trinajstić information content (AvgIpc) is 2.86. The quantitative estimate of drug-likeness (QED) is 0.699. The van der Waals surface area contributed by atoms with E-state index < -0.39 is 0 Å². The van der Waals surface area contributed by atoms with Gasteiger partial charge in [0.15, 0.2) is 0 Å². The molecule has 0 saturated heterocycles. The van der Waals surface area contributed by atoms with Crippen molar-refractivity contribution >= 4 is 22.7 Å². The molecule has 2 heteroatoms. The molecule has 1 unspecified atom stereocenters. The molecule has 0 nitrogen and oxygen atoms in total. The van der Waals surface area contributed by atoms with Crippen LogP contribution in [0, 0.1) is 5.38 Å². The van der Waals surface area contributed by atoms with E-state index in [2.05, 4.69) is 37.4 Å². The van der Waals surface area contributed by atoms with Gasteiger partial charge < -0.3 is 0 Å². The van der Waals surface area contributed by atoms with Crippen LogP contribution in [0.15, 0.2) is 24.3 Å². The zero-order chi connectivity index (χ0) is 9.97. The average molecular weight is 221 g/mol. The fraction of sp³-hybridized carbons (Fsp3) is 0.333. The Morgan fingerprint density at radius 1 is 1.29 bits per heavy atom. The van der Waals surface area contributed by atoms with Crippen LogP contribution in [0.3, 0.4) is 0 Å². The second kappa shape index (κ2) is 4.28. The molecular formula is C12H13S2. The molecule has 0 fully saturated rings. The maximum Gasteiger partial charge on any atom is 0.0449 e. The Labute approximate surface area is 93.2 Å². The van der Waals surface area contributed by atoms with Crippen molar-refractivity contribution in [2.45, 2.75) is 26.2 Å². The second-order valence-electron chi connectivity index (χ2n) is 3.43. The molecule has 0 saturated carbocycles. The van der Waals surface area contributed by atoms with E-state index in [1.807, 2.05) is 17.4 Å². The van der Waals surface area contributed by atoms with Crippen LogP contribution in [-0.2, 0) is 0 Å². The number of thiophene rings is 2. The Bertz CT molecular complexity index is 384. The van der Waals surface area contributed by atoms with Crippen molar-refractivity contribution in [1.29, 1.82) is 0 Å². The van der Waals surface area contributed by atoms with Gasteiger partial charge in [0.25, 0.3) is 0 Å². The van der Waals surface area contributed by atoms with Gasteiger partial charge in [-0.2, -0.15) is 0 Å². The summed E-state index contributed by atoms with van der Waals surface area (Å²) < 4.78 is 0. The Morgan fingerprint density at radius 2 is 2.14 bits per heavy atom. The molecule has 0 aliphatic carbocycles. The predicted molar refractivity (Wildman–Crippen MR) is 65.2 cm³/mol. The molecule has 0 spiro atoms. The molecular weight excluding hydrogens is 208 g/mol. The summed E-state index contributed by atoms with van der Waals surface area (Å²) in [6.07, 6.45) is 1.22. The van der Waals surface area contributed by atoms with Gasteiger partial charge >= 0.3 is 0 Å². The number of rotatable bonds is 3. The first kappa shape index (κ1) is 9.94. The number of hydrogen-bond acceptors (Lipinski definition) is 2. The molecule has 14 heavy (non-hydrogen) atoms. The molecule has 73 valence electrons. The summed E-state index contributed by atoms with van der Waals surface area (Å²) in [5.41, 5.74) is 0. The van der Waals surface area contributed by atoms with Gasteiger partial charge in [0.2, 0.25) is 0 Å². The molecule has 0 amide bonds. The zero-order valence-corrected chi connectivity index (χ0v) is 10.0. The highest BCUT2D eigenvalue weighted by Gasteiger charge is 2.08. The van der Waals surface area contributed by atoms with E-state index in [0.717, 1.165) is 0 Å². The van der Waals surface area contributed by atoms with Crippen LogP contribution in [0.25, 0.3) is 9.75 Å². The van der Waals surface area contributed by atoms with Gasteiger partial charge in [-0.05, 0) is 36.6 Å². The van der Waals surface area contributed by atoms with Gasteiger partial charge in [0, 0.05) is 20.0 Å². The van der Waals surface area contributed by atoms with Crippen LogP contribution < -0.4 is 0 Å². The van der Waals surface area contributed by atoms with Crippen LogP contribution in [0.5, 0.6) is 0 Å². The van der Waals surface area contributed by atoms with Crippen molar-refractivity contribution in [3.8, 4) is 9.75 Å². The van der Waals surface area contributed by atoms with E-state index in [4.69, 9.17) is 0 Å². The molecule has 2 rings (SSSR count). The van der Waals surface area contributed by atoms with E-state index in [1.54, 1.807) is 11.3 Å². The summed E-state index contributed by atoms with van der Waals surface area (Å²) >= 11 is 3.61. The summed E-state index contributed by atoms with van der Waals surface area (Å²) in [5.74, 6) is 0.692. The van der Waals surface area contributed by atoms with Gasteiger partial charge in [-0.1, -0.05) is 13.8 Å². The summed E-state index contributed by atoms with van der Waals surface area (Å²) in [7, 11) is 0. The summed E-state index contributed by atoms with van der Waals surface area (Å²) in [5, 5.41) is 3.13. The third-order valence-corrected chi connectivity index (χ3v) is 4.75.